The summed E-state index contributed by atoms with van der Waals surface area (Å²) in [6, 6.07) is 33.1. The van der Waals surface area contributed by atoms with Crippen LogP contribution in [0.3, 0.4) is 0 Å². The summed E-state index contributed by atoms with van der Waals surface area (Å²) in [7, 11) is -5.58. The fraction of sp³-hybridized carbons (Fsp3) is 0.0714. The molecule has 0 aliphatic carbocycles. The van der Waals surface area contributed by atoms with Crippen molar-refractivity contribution in [1.82, 2.24) is 0 Å². The molecule has 15 nitrogen and oxygen atoms in total. The number of hydrogen-bond acceptors (Lipinski definition) is 14. The molecule has 0 radical (unpaired) electrons. The predicted molar refractivity (Wildman–Crippen MR) is 219 cm³/mol. The van der Waals surface area contributed by atoms with Crippen LogP contribution in [0.15, 0.2) is 143 Å². The zero-order valence-electron chi connectivity index (χ0n) is 32.3. The van der Waals surface area contributed by atoms with Crippen LogP contribution in [0.2, 0.25) is 0 Å². The number of phenols is 3. The van der Waals surface area contributed by atoms with Crippen molar-refractivity contribution >= 4 is 67.1 Å². The Morgan fingerprint density at radius 2 is 0.836 bits per heavy atom. The Morgan fingerprint density at radius 3 is 1.16 bits per heavy atom. The number of carbonyl (C=O) groups is 3. The molecule has 0 aromatic heterocycles. The molecule has 0 saturated heterocycles. The van der Waals surface area contributed by atoms with E-state index in [0.29, 0.717) is 11.3 Å². The summed E-state index contributed by atoms with van der Waals surface area (Å²) in [5.74, 6) is -2.38. The number of benzene rings is 6. The zero-order valence-corrected chi connectivity index (χ0v) is 35.9. The van der Waals surface area contributed by atoms with Crippen molar-refractivity contribution in [1.29, 1.82) is 0 Å². The summed E-state index contributed by atoms with van der Waals surface area (Å²) in [4.78, 5) is 35.3. The van der Waals surface area contributed by atoms with Crippen molar-refractivity contribution in [3.63, 3.8) is 0 Å². The SMILES string of the molecule is COc1cc(O)c(C(=O)c2ccccc2)cc1S(=O)(=O)O.COc1cc(O)c(C(=O)c2ccccc2)cc1S(=O)(=O)[O-].COc1ccc(C(=O)c2ccccc2)c(O)c1.[Na+].[NaH]. The van der Waals surface area contributed by atoms with E-state index in [2.05, 4.69) is 0 Å². The van der Waals surface area contributed by atoms with E-state index >= 15 is 0 Å². The fourth-order valence-corrected chi connectivity index (χ4v) is 6.56. The van der Waals surface area contributed by atoms with E-state index in [1.807, 2.05) is 6.07 Å². The molecule has 0 unspecified atom stereocenters. The standard InChI is InChI=1S/2C14H12O6S.C14H12O3.2Na.H/c2*1-20-12-8-11(15)10(7-13(12)21(17,18)19)14(16)9-5-3-2-4-6-9;1-17-11-7-8-12(13(15)9-11)14(16)10-5-3-2-4-6-10;;;/h2*2-8,15H,1H3,(H,17,18,19);2-9,15H,1H3;;;/q;;;;+1;/p-1. The molecule has 0 heterocycles. The summed E-state index contributed by atoms with van der Waals surface area (Å²) >= 11 is 0. The summed E-state index contributed by atoms with van der Waals surface area (Å²) in [6.45, 7) is 0. The van der Waals surface area contributed by atoms with Gasteiger partial charge in [-0.2, -0.15) is 8.42 Å². The zero-order chi connectivity index (χ0) is 43.5. The Balaban J connectivity index is 0.000000312. The molecule has 0 atom stereocenters. The van der Waals surface area contributed by atoms with Crippen LogP contribution in [0.4, 0.5) is 0 Å². The Kier molecular flexibility index (Phi) is 19.8. The third-order valence-corrected chi connectivity index (χ3v) is 9.89. The molecule has 0 amide bonds. The number of ether oxygens (including phenoxy) is 3. The Morgan fingerprint density at radius 1 is 0.492 bits per heavy atom. The van der Waals surface area contributed by atoms with Gasteiger partial charge in [0.1, 0.15) is 49.5 Å². The van der Waals surface area contributed by atoms with Gasteiger partial charge in [0.05, 0.1) is 42.9 Å². The van der Waals surface area contributed by atoms with Gasteiger partial charge in [-0.05, 0) is 24.3 Å². The molecule has 0 saturated carbocycles. The Bertz CT molecular complexity index is 2560. The van der Waals surface area contributed by atoms with Crippen molar-refractivity contribution in [3.8, 4) is 34.5 Å². The second kappa shape index (κ2) is 23.2. The van der Waals surface area contributed by atoms with Gasteiger partial charge in [-0.1, -0.05) is 91.0 Å². The van der Waals surface area contributed by atoms with Crippen LogP contribution in [0.5, 0.6) is 34.5 Å². The number of aromatic hydroxyl groups is 3. The first-order valence-electron chi connectivity index (χ1n) is 16.8. The molecule has 6 rings (SSSR count). The normalized spacial score (nSPS) is 10.4. The predicted octanol–water partition coefficient (Wildman–Crippen LogP) is 2.40. The number of ketones is 3. The van der Waals surface area contributed by atoms with Gasteiger partial charge < -0.3 is 34.1 Å². The van der Waals surface area contributed by atoms with Crippen LogP contribution in [-0.2, 0) is 20.2 Å². The van der Waals surface area contributed by atoms with E-state index in [1.54, 1.807) is 72.8 Å². The average molecular weight is 891 g/mol. The molecule has 6 aromatic carbocycles. The monoisotopic (exact) mass is 890 g/mol. The quantitative estimate of drug-likeness (QED) is 0.0828. The second-order valence-corrected chi connectivity index (χ2v) is 14.7. The van der Waals surface area contributed by atoms with Crippen molar-refractivity contribution in [2.24, 2.45) is 0 Å². The Hall–Kier alpha value is -5.05. The van der Waals surface area contributed by atoms with Gasteiger partial charge in [-0.15, -0.1) is 0 Å². The number of hydrogen-bond donors (Lipinski definition) is 4. The van der Waals surface area contributed by atoms with Crippen LogP contribution >= 0.6 is 0 Å². The Labute approximate surface area is 395 Å². The molecule has 0 fully saturated rings. The molecule has 0 bridgehead atoms. The van der Waals surface area contributed by atoms with Gasteiger partial charge in [-0.3, -0.25) is 18.9 Å². The molecule has 308 valence electrons. The first-order valence-corrected chi connectivity index (χ1v) is 19.7. The van der Waals surface area contributed by atoms with Crippen LogP contribution in [0.1, 0.15) is 47.8 Å². The van der Waals surface area contributed by atoms with E-state index in [-0.39, 0.29) is 110 Å². The summed E-state index contributed by atoms with van der Waals surface area (Å²) in [6.07, 6.45) is 0. The van der Waals surface area contributed by atoms with Gasteiger partial charge in [0.2, 0.25) is 0 Å². The molecule has 61 heavy (non-hydrogen) atoms. The van der Waals surface area contributed by atoms with E-state index in [0.717, 1.165) is 31.4 Å². The third-order valence-electron chi connectivity index (χ3n) is 8.16. The van der Waals surface area contributed by atoms with Gasteiger partial charge >= 0.3 is 59.1 Å². The van der Waals surface area contributed by atoms with Crippen molar-refractivity contribution in [3.05, 3.63) is 167 Å². The van der Waals surface area contributed by atoms with Gasteiger partial charge in [-0.25, -0.2) is 8.42 Å². The van der Waals surface area contributed by atoms with E-state index in [1.165, 1.54) is 44.6 Å². The van der Waals surface area contributed by atoms with Crippen molar-refractivity contribution in [2.45, 2.75) is 9.79 Å². The van der Waals surface area contributed by atoms with Gasteiger partial charge in [0, 0.05) is 34.9 Å². The van der Waals surface area contributed by atoms with Crippen LogP contribution < -0.4 is 43.8 Å². The number of phenolic OH excluding ortho intramolecular Hbond substituents is 3. The number of rotatable bonds is 11. The fourth-order valence-electron chi connectivity index (χ4n) is 5.24. The molecule has 19 heteroatoms. The first kappa shape index (κ1) is 52.1. The van der Waals surface area contributed by atoms with Crippen LogP contribution in [-0.4, -0.2) is 109 Å². The van der Waals surface area contributed by atoms with E-state index < -0.39 is 53.1 Å². The summed E-state index contributed by atoms with van der Waals surface area (Å²) < 4.78 is 79.9. The number of methoxy groups -OCH3 is 3. The molecule has 0 spiro atoms. The third kappa shape index (κ3) is 13.7. The van der Waals surface area contributed by atoms with Crippen LogP contribution in [0.25, 0.3) is 0 Å². The maximum atomic E-state index is 12.3. The molecular weight excluding hydrogens is 855 g/mol. The molecule has 0 aliphatic rings. The minimum atomic E-state index is -4.84. The summed E-state index contributed by atoms with van der Waals surface area (Å²) in [5, 5.41) is 29.5. The van der Waals surface area contributed by atoms with Gasteiger partial charge in [0.15, 0.2) is 17.3 Å². The van der Waals surface area contributed by atoms with E-state index in [4.69, 9.17) is 18.8 Å². The minimum absolute atomic E-state index is 0. The number of carbonyl (C=O) groups excluding carboxylic acids is 3. The van der Waals surface area contributed by atoms with Crippen molar-refractivity contribution < 1.29 is 99.4 Å². The van der Waals surface area contributed by atoms with Crippen molar-refractivity contribution in [2.75, 3.05) is 21.3 Å². The first-order chi connectivity index (χ1) is 27.9. The average Bonchev–Trinajstić information content (AvgIpc) is 3.23. The molecular formula is C42H36Na2O15S2. The molecule has 0 aliphatic heterocycles. The summed E-state index contributed by atoms with van der Waals surface area (Å²) in [5.41, 5.74) is 0.836. The maximum absolute atomic E-state index is 12.3. The van der Waals surface area contributed by atoms with E-state index in [9.17, 15) is 51.1 Å². The van der Waals surface area contributed by atoms with Gasteiger partial charge in [0.25, 0.3) is 10.1 Å². The second-order valence-electron chi connectivity index (χ2n) is 11.9. The molecule has 4 N–H and O–H groups in total. The molecule has 6 aromatic rings. The van der Waals surface area contributed by atoms with Crippen LogP contribution in [0, 0.1) is 0 Å². The topological polar surface area (TPSA) is 251 Å².